The summed E-state index contributed by atoms with van der Waals surface area (Å²) in [5, 5.41) is 2.85. The van der Waals surface area contributed by atoms with Gasteiger partial charge in [0.25, 0.3) is 11.8 Å². The first kappa shape index (κ1) is 23.8. The zero-order chi connectivity index (χ0) is 23.5. The molecule has 1 saturated heterocycles. The number of thioether (sulfide) groups is 1. The number of nitrogens with zero attached hydrogens (tertiary/aromatic N) is 1. The Balaban J connectivity index is 1.50. The van der Waals surface area contributed by atoms with Gasteiger partial charge in [0.2, 0.25) is 0 Å². The van der Waals surface area contributed by atoms with Crippen LogP contribution in [0.1, 0.15) is 30.9 Å². The predicted octanol–water partition coefficient (Wildman–Crippen LogP) is 5.54. The van der Waals surface area contributed by atoms with Crippen LogP contribution in [-0.4, -0.2) is 40.3 Å². The van der Waals surface area contributed by atoms with Crippen LogP contribution >= 0.6 is 39.9 Å². The van der Waals surface area contributed by atoms with E-state index in [1.807, 2.05) is 50.3 Å². The van der Waals surface area contributed by atoms with Crippen molar-refractivity contribution in [3.63, 3.8) is 0 Å². The molecule has 1 saturated carbocycles. The van der Waals surface area contributed by atoms with Gasteiger partial charge in [-0.15, -0.1) is 0 Å². The molecule has 2 amide bonds. The van der Waals surface area contributed by atoms with Crippen molar-refractivity contribution in [1.29, 1.82) is 0 Å². The summed E-state index contributed by atoms with van der Waals surface area (Å²) in [6.45, 7) is 4.05. The van der Waals surface area contributed by atoms with Gasteiger partial charge in [0.1, 0.15) is 4.32 Å². The van der Waals surface area contributed by atoms with Crippen LogP contribution in [0.15, 0.2) is 45.8 Å². The zero-order valence-electron chi connectivity index (χ0n) is 18.2. The smallest absolute Gasteiger partial charge is 0.266 e. The second kappa shape index (κ2) is 10.3. The van der Waals surface area contributed by atoms with E-state index in [1.54, 1.807) is 11.0 Å². The molecule has 0 unspecified atom stereocenters. The molecule has 0 bridgehead atoms. The summed E-state index contributed by atoms with van der Waals surface area (Å²) in [5.74, 6) is 0.597. The maximum absolute atomic E-state index is 12.8. The van der Waals surface area contributed by atoms with E-state index in [2.05, 4.69) is 21.2 Å². The fraction of sp³-hybridized carbons (Fsp3) is 0.292. The van der Waals surface area contributed by atoms with Gasteiger partial charge in [-0.3, -0.25) is 14.5 Å². The van der Waals surface area contributed by atoms with Crippen LogP contribution in [0.5, 0.6) is 11.5 Å². The summed E-state index contributed by atoms with van der Waals surface area (Å²) in [7, 11) is 0. The minimum atomic E-state index is -0.272. The molecule has 1 N–H and O–H groups in total. The summed E-state index contributed by atoms with van der Waals surface area (Å²) in [6.07, 6.45) is 3.82. The number of carbonyl (C=O) groups is 2. The average Bonchev–Trinajstić information content (AvgIpc) is 3.55. The lowest BCUT2D eigenvalue weighted by Gasteiger charge is -2.15. The summed E-state index contributed by atoms with van der Waals surface area (Å²) >= 11 is 10.2. The summed E-state index contributed by atoms with van der Waals surface area (Å²) in [4.78, 5) is 27.5. The van der Waals surface area contributed by atoms with E-state index in [0.717, 1.165) is 29.7 Å². The number of aryl methyl sites for hydroxylation is 1. The van der Waals surface area contributed by atoms with Crippen LogP contribution in [0.2, 0.25) is 0 Å². The van der Waals surface area contributed by atoms with E-state index in [4.69, 9.17) is 21.7 Å². The molecule has 0 radical (unpaired) electrons. The number of rotatable bonds is 8. The molecule has 9 heteroatoms. The monoisotopic (exact) mass is 546 g/mol. The van der Waals surface area contributed by atoms with Gasteiger partial charge >= 0.3 is 0 Å². The average molecular weight is 547 g/mol. The topological polar surface area (TPSA) is 67.9 Å². The Labute approximate surface area is 210 Å². The first-order valence-electron chi connectivity index (χ1n) is 10.6. The molecular formula is C24H23BrN2O4S2. The van der Waals surface area contributed by atoms with E-state index in [1.165, 1.54) is 11.8 Å². The number of carbonyl (C=O) groups excluding carboxylic acids is 2. The Morgan fingerprint density at radius 2 is 2.06 bits per heavy atom. The molecule has 33 heavy (non-hydrogen) atoms. The summed E-state index contributed by atoms with van der Waals surface area (Å²) < 4.78 is 12.8. The third-order valence-electron chi connectivity index (χ3n) is 5.13. The molecular weight excluding hydrogens is 524 g/mol. The number of ether oxygens (including phenoxy) is 2. The first-order chi connectivity index (χ1) is 15.9. The van der Waals surface area contributed by atoms with Crippen LogP contribution in [0.25, 0.3) is 6.08 Å². The van der Waals surface area contributed by atoms with Crippen molar-refractivity contribution in [3.8, 4) is 11.5 Å². The zero-order valence-corrected chi connectivity index (χ0v) is 21.4. The number of halogens is 1. The highest BCUT2D eigenvalue weighted by Gasteiger charge is 2.41. The van der Waals surface area contributed by atoms with Gasteiger partial charge in [-0.2, -0.15) is 0 Å². The lowest BCUT2D eigenvalue weighted by molar-refractivity contribution is -0.122. The molecule has 0 aromatic heterocycles. The van der Waals surface area contributed by atoms with Crippen LogP contribution in [0, 0.1) is 6.92 Å². The summed E-state index contributed by atoms with van der Waals surface area (Å²) in [5.41, 5.74) is 2.49. The maximum atomic E-state index is 12.8. The molecule has 6 nitrogen and oxygen atoms in total. The third-order valence-corrected chi connectivity index (χ3v) is 7.05. The van der Waals surface area contributed by atoms with E-state index < -0.39 is 0 Å². The van der Waals surface area contributed by atoms with Crippen LogP contribution < -0.4 is 14.8 Å². The second-order valence-electron chi connectivity index (χ2n) is 7.70. The van der Waals surface area contributed by atoms with Crippen LogP contribution in [0.4, 0.5) is 5.69 Å². The molecule has 2 aromatic carbocycles. The normalized spacial score (nSPS) is 16.9. The highest BCUT2D eigenvalue weighted by atomic mass is 79.9. The summed E-state index contributed by atoms with van der Waals surface area (Å²) in [6, 6.07) is 11.4. The van der Waals surface area contributed by atoms with Crippen molar-refractivity contribution >= 4 is 67.8 Å². The molecule has 1 aliphatic heterocycles. The number of thiocarbonyl (C=S) groups is 1. The van der Waals surface area contributed by atoms with Gasteiger partial charge in [-0.25, -0.2) is 0 Å². The van der Waals surface area contributed by atoms with Gasteiger partial charge in [-0.1, -0.05) is 42.2 Å². The Kier molecular flexibility index (Phi) is 7.41. The van der Waals surface area contributed by atoms with Gasteiger partial charge in [0.15, 0.2) is 18.1 Å². The Morgan fingerprint density at radius 3 is 2.76 bits per heavy atom. The lowest BCUT2D eigenvalue weighted by Crippen LogP contribution is -2.30. The number of amides is 2. The van der Waals surface area contributed by atoms with Gasteiger partial charge < -0.3 is 14.8 Å². The number of hydrogen-bond donors (Lipinski definition) is 1. The predicted molar refractivity (Wildman–Crippen MR) is 139 cm³/mol. The molecule has 1 aliphatic carbocycles. The Bertz CT molecular complexity index is 1150. The maximum Gasteiger partial charge on any atom is 0.266 e. The van der Waals surface area contributed by atoms with Crippen molar-refractivity contribution in [1.82, 2.24) is 4.90 Å². The molecule has 172 valence electrons. The van der Waals surface area contributed by atoms with Gasteiger partial charge in [-0.05, 0) is 78.0 Å². The Hall–Kier alpha value is -2.36. The highest BCUT2D eigenvalue weighted by molar-refractivity contribution is 9.10. The number of para-hydroxylation sites is 1. The van der Waals surface area contributed by atoms with Crippen LogP contribution in [0.3, 0.4) is 0 Å². The van der Waals surface area contributed by atoms with Gasteiger partial charge in [0, 0.05) is 11.7 Å². The van der Waals surface area contributed by atoms with Crippen LogP contribution in [-0.2, 0) is 9.59 Å². The largest absolute Gasteiger partial charge is 0.490 e. The standard InChI is InChI=1S/C24H23BrN2O4S2/c1-3-30-19-11-15(12-20-23(29)27(16-8-9-16)24(32)33-20)10-17(25)22(19)31-13-21(28)26-18-7-5-4-6-14(18)2/h4-7,10-12,16H,3,8-9,13H2,1-2H3,(H,26,28)/b20-12+. The van der Waals surface area contributed by atoms with E-state index in [0.29, 0.717) is 31.8 Å². The molecule has 0 atom stereocenters. The quantitative estimate of drug-likeness (QED) is 0.346. The lowest BCUT2D eigenvalue weighted by atomic mass is 10.2. The molecule has 2 aliphatic rings. The van der Waals surface area contributed by atoms with Crippen molar-refractivity contribution < 1.29 is 19.1 Å². The fourth-order valence-electron chi connectivity index (χ4n) is 3.39. The highest BCUT2D eigenvalue weighted by Crippen LogP contribution is 2.42. The first-order valence-corrected chi connectivity index (χ1v) is 12.6. The van der Waals surface area contributed by atoms with Crippen molar-refractivity contribution in [2.24, 2.45) is 0 Å². The number of hydrogen-bond acceptors (Lipinski definition) is 6. The van der Waals surface area contributed by atoms with E-state index in [9.17, 15) is 9.59 Å². The molecule has 0 spiro atoms. The minimum absolute atomic E-state index is 0.0465. The molecule has 2 aromatic rings. The van der Waals surface area contributed by atoms with Crippen molar-refractivity contribution in [3.05, 3.63) is 56.9 Å². The molecule has 1 heterocycles. The molecule has 4 rings (SSSR count). The number of nitrogens with one attached hydrogen (secondary N) is 1. The third kappa shape index (κ3) is 5.59. The SMILES string of the molecule is CCOc1cc(/C=C2/SC(=S)N(C3CC3)C2=O)cc(Br)c1OCC(=O)Nc1ccccc1C. The van der Waals surface area contributed by atoms with Crippen molar-refractivity contribution in [2.75, 3.05) is 18.5 Å². The van der Waals surface area contributed by atoms with E-state index in [-0.39, 0.29) is 24.5 Å². The number of anilines is 1. The molecule has 2 fully saturated rings. The number of benzene rings is 2. The second-order valence-corrected chi connectivity index (χ2v) is 10.2. The van der Waals surface area contributed by atoms with E-state index >= 15 is 0 Å². The fourth-order valence-corrected chi connectivity index (χ4v) is 5.36. The minimum Gasteiger partial charge on any atom is -0.490 e. The van der Waals surface area contributed by atoms with Gasteiger partial charge in [0.05, 0.1) is 16.0 Å². The Morgan fingerprint density at radius 1 is 1.30 bits per heavy atom. The van der Waals surface area contributed by atoms with Crippen molar-refractivity contribution in [2.45, 2.75) is 32.7 Å².